The Balaban J connectivity index is 1.37. The van der Waals surface area contributed by atoms with Gasteiger partial charge < -0.3 is 25.6 Å². The second kappa shape index (κ2) is 9.34. The molecule has 2 aromatic carbocycles. The normalized spacial score (nSPS) is 22.3. The minimum atomic E-state index is -1.21. The maximum Gasteiger partial charge on any atom is 0.219 e. The predicted octanol–water partition coefficient (Wildman–Crippen LogP) is 1.74. The van der Waals surface area contributed by atoms with Gasteiger partial charge in [0.25, 0.3) is 0 Å². The summed E-state index contributed by atoms with van der Waals surface area (Å²) in [7, 11) is 0. The summed E-state index contributed by atoms with van der Waals surface area (Å²) in [5.41, 5.74) is 2.11. The molecule has 0 saturated carbocycles. The van der Waals surface area contributed by atoms with Gasteiger partial charge in [-0.3, -0.25) is 9.36 Å². The van der Waals surface area contributed by atoms with Gasteiger partial charge in [0.1, 0.15) is 24.6 Å². The molecular weight excluding hydrogens is 436 g/mol. The van der Waals surface area contributed by atoms with Gasteiger partial charge in [-0.05, 0) is 16.3 Å². The van der Waals surface area contributed by atoms with E-state index in [1.807, 2.05) is 18.2 Å². The number of imidazole rings is 1. The van der Waals surface area contributed by atoms with E-state index < -0.39 is 24.5 Å². The minimum absolute atomic E-state index is 0.0981. The molecule has 176 valence electrons. The molecule has 4 aromatic rings. The number of carbonyl (C=O) groups excluding carboxylic acids is 1. The molecule has 5 rings (SSSR count). The fourth-order valence-corrected chi connectivity index (χ4v) is 4.26. The van der Waals surface area contributed by atoms with Crippen LogP contribution in [0.3, 0.4) is 0 Å². The molecule has 4 atom stereocenters. The van der Waals surface area contributed by atoms with Crippen LogP contribution in [0.4, 0.5) is 5.82 Å². The Morgan fingerprint density at radius 2 is 1.91 bits per heavy atom. The van der Waals surface area contributed by atoms with Crippen molar-refractivity contribution < 1.29 is 19.7 Å². The lowest BCUT2D eigenvalue weighted by atomic mass is 10.0. The summed E-state index contributed by atoms with van der Waals surface area (Å²) in [5.74, 6) is 0.396. The number of amides is 1. The van der Waals surface area contributed by atoms with E-state index in [2.05, 4.69) is 49.9 Å². The van der Waals surface area contributed by atoms with E-state index in [-0.39, 0.29) is 12.5 Å². The van der Waals surface area contributed by atoms with Crippen molar-refractivity contribution >= 4 is 33.7 Å². The Morgan fingerprint density at radius 1 is 1.09 bits per heavy atom. The van der Waals surface area contributed by atoms with Crippen molar-refractivity contribution in [1.82, 2.24) is 24.8 Å². The van der Waals surface area contributed by atoms with Gasteiger partial charge in [-0.2, -0.15) is 0 Å². The van der Waals surface area contributed by atoms with Crippen LogP contribution < -0.4 is 10.6 Å². The van der Waals surface area contributed by atoms with Crippen molar-refractivity contribution in [3.63, 3.8) is 0 Å². The molecule has 1 saturated heterocycles. The number of hydrogen-bond donors (Lipinski definition) is 4. The fraction of sp³-hybridized carbons (Fsp3) is 0.333. The number of hydrogen-bond acceptors (Lipinski definition) is 8. The van der Waals surface area contributed by atoms with Crippen molar-refractivity contribution in [3.8, 4) is 0 Å². The highest BCUT2D eigenvalue weighted by atomic mass is 16.6. The summed E-state index contributed by atoms with van der Waals surface area (Å²) in [6, 6.07) is 14.3. The van der Waals surface area contributed by atoms with Gasteiger partial charge in [-0.25, -0.2) is 15.0 Å². The first-order valence-corrected chi connectivity index (χ1v) is 11.2. The van der Waals surface area contributed by atoms with Gasteiger partial charge in [-0.15, -0.1) is 0 Å². The second-order valence-electron chi connectivity index (χ2n) is 8.24. The average Bonchev–Trinajstić information content (AvgIpc) is 3.42. The number of fused-ring (bicyclic) bond motifs is 2. The molecule has 2 aromatic heterocycles. The van der Waals surface area contributed by atoms with E-state index in [0.29, 0.717) is 29.9 Å². The third kappa shape index (κ3) is 4.07. The van der Waals surface area contributed by atoms with Crippen molar-refractivity contribution in [3.05, 3.63) is 60.7 Å². The van der Waals surface area contributed by atoms with Gasteiger partial charge in [0.15, 0.2) is 23.2 Å². The fourth-order valence-electron chi connectivity index (χ4n) is 4.26. The highest BCUT2D eigenvalue weighted by Crippen LogP contribution is 2.32. The molecule has 34 heavy (non-hydrogen) atoms. The maximum absolute atomic E-state index is 11.6. The summed E-state index contributed by atoms with van der Waals surface area (Å²) in [6.45, 7) is 2.38. The standard InChI is InChI=1S/C24H26N6O4/c1-2-18(31)25-11-17-20(32)21(33)24(34-17)30-13-29-19-22(27-12-28-23(19)30)26-10-15-8-5-7-14-6-3-4-9-16(14)15/h3-9,12-13,17,20-21,24,32-33H,2,10-11H2,1H3,(H,25,31)(H,26,27,28)/t17-,20-,21-,24-/m1/s1. The molecule has 1 amide bonds. The minimum Gasteiger partial charge on any atom is -0.387 e. The number of benzene rings is 2. The van der Waals surface area contributed by atoms with Crippen molar-refractivity contribution in [2.24, 2.45) is 0 Å². The van der Waals surface area contributed by atoms with Crippen molar-refractivity contribution in [2.45, 2.75) is 44.4 Å². The smallest absolute Gasteiger partial charge is 0.219 e. The number of aliphatic hydroxyl groups is 2. The molecule has 0 aliphatic carbocycles. The van der Waals surface area contributed by atoms with Crippen LogP contribution in [0.25, 0.3) is 21.9 Å². The lowest BCUT2D eigenvalue weighted by Gasteiger charge is -2.16. The Bertz CT molecular complexity index is 1320. The van der Waals surface area contributed by atoms with E-state index in [4.69, 9.17) is 4.74 Å². The van der Waals surface area contributed by atoms with Crippen molar-refractivity contribution in [1.29, 1.82) is 0 Å². The molecular formula is C24H26N6O4. The average molecular weight is 463 g/mol. The number of anilines is 1. The SMILES string of the molecule is CCC(=O)NC[C@H]1O[C@@H](n2cnc3c(NCc4cccc5ccccc45)ncnc32)[C@H](O)[C@@H]1O. The topological polar surface area (TPSA) is 134 Å². The molecule has 10 nitrogen and oxygen atoms in total. The van der Waals surface area contributed by atoms with Crippen LogP contribution in [0.1, 0.15) is 25.1 Å². The third-order valence-electron chi connectivity index (χ3n) is 6.12. The van der Waals surface area contributed by atoms with E-state index in [1.54, 1.807) is 11.5 Å². The summed E-state index contributed by atoms with van der Waals surface area (Å²) >= 11 is 0. The third-order valence-corrected chi connectivity index (χ3v) is 6.12. The molecule has 0 bridgehead atoms. The van der Waals surface area contributed by atoms with Gasteiger partial charge in [0.2, 0.25) is 5.91 Å². The number of aromatic nitrogens is 4. The van der Waals surface area contributed by atoms with Crippen LogP contribution in [0.2, 0.25) is 0 Å². The summed E-state index contributed by atoms with van der Waals surface area (Å²) in [4.78, 5) is 24.7. The van der Waals surface area contributed by atoms with Crippen molar-refractivity contribution in [2.75, 3.05) is 11.9 Å². The number of ether oxygens (including phenoxy) is 1. The Kier molecular flexibility index (Phi) is 6.10. The van der Waals surface area contributed by atoms with E-state index in [1.165, 1.54) is 12.7 Å². The Morgan fingerprint density at radius 3 is 2.76 bits per heavy atom. The maximum atomic E-state index is 11.6. The van der Waals surface area contributed by atoms with E-state index >= 15 is 0 Å². The number of rotatable bonds is 7. The van der Waals surface area contributed by atoms with E-state index in [0.717, 1.165) is 16.3 Å². The molecule has 10 heteroatoms. The largest absolute Gasteiger partial charge is 0.387 e. The molecule has 0 spiro atoms. The molecule has 1 aliphatic rings. The van der Waals surface area contributed by atoms with Crippen LogP contribution in [0, 0.1) is 0 Å². The van der Waals surface area contributed by atoms with Crippen LogP contribution in [0.15, 0.2) is 55.1 Å². The Labute approximate surface area is 195 Å². The van der Waals surface area contributed by atoms with Gasteiger partial charge in [0.05, 0.1) is 6.33 Å². The number of nitrogens with one attached hydrogen (secondary N) is 2. The highest BCUT2D eigenvalue weighted by Gasteiger charge is 2.44. The van der Waals surface area contributed by atoms with Crippen LogP contribution in [-0.4, -0.2) is 60.5 Å². The summed E-state index contributed by atoms with van der Waals surface area (Å²) in [6.07, 6.45) is -0.762. The van der Waals surface area contributed by atoms with Crippen LogP contribution >= 0.6 is 0 Å². The summed E-state index contributed by atoms with van der Waals surface area (Å²) in [5, 5.41) is 29.4. The summed E-state index contributed by atoms with van der Waals surface area (Å²) < 4.78 is 7.46. The molecule has 4 N–H and O–H groups in total. The molecule has 1 aliphatic heterocycles. The van der Waals surface area contributed by atoms with Gasteiger partial charge in [-0.1, -0.05) is 49.4 Å². The number of nitrogens with zero attached hydrogens (tertiary/aromatic N) is 4. The molecule has 3 heterocycles. The lowest BCUT2D eigenvalue weighted by molar-refractivity contribution is -0.121. The van der Waals surface area contributed by atoms with Gasteiger partial charge in [0, 0.05) is 19.5 Å². The van der Waals surface area contributed by atoms with Gasteiger partial charge >= 0.3 is 0 Å². The first kappa shape index (κ1) is 22.2. The zero-order valence-electron chi connectivity index (χ0n) is 18.6. The van der Waals surface area contributed by atoms with Crippen LogP contribution in [-0.2, 0) is 16.1 Å². The zero-order chi connectivity index (χ0) is 23.7. The molecule has 0 unspecified atom stereocenters. The monoisotopic (exact) mass is 462 g/mol. The second-order valence-corrected chi connectivity index (χ2v) is 8.24. The zero-order valence-corrected chi connectivity index (χ0v) is 18.6. The van der Waals surface area contributed by atoms with E-state index in [9.17, 15) is 15.0 Å². The molecule has 1 fully saturated rings. The quantitative estimate of drug-likeness (QED) is 0.326. The number of carbonyl (C=O) groups is 1. The first-order chi connectivity index (χ1) is 16.6. The predicted molar refractivity (Wildman–Crippen MR) is 126 cm³/mol. The first-order valence-electron chi connectivity index (χ1n) is 11.2. The molecule has 0 radical (unpaired) electrons. The van der Waals surface area contributed by atoms with Crippen LogP contribution in [0.5, 0.6) is 0 Å². The highest BCUT2D eigenvalue weighted by molar-refractivity contribution is 5.86. The number of aliphatic hydroxyl groups excluding tert-OH is 2. The lowest BCUT2D eigenvalue weighted by Crippen LogP contribution is -2.39. The Hall–Kier alpha value is -3.60.